The molecule has 2 aromatic rings. The van der Waals surface area contributed by atoms with Gasteiger partial charge in [0.25, 0.3) is 11.8 Å². The second-order valence-corrected chi connectivity index (χ2v) is 6.83. The molecule has 0 spiro atoms. The number of nitrogens with one attached hydrogen (secondary N) is 2. The zero-order chi connectivity index (χ0) is 19.9. The topological polar surface area (TPSA) is 76.7 Å². The predicted octanol–water partition coefficient (Wildman–Crippen LogP) is 3.90. The Morgan fingerprint density at radius 3 is 2.75 bits per heavy atom. The van der Waals surface area contributed by atoms with Crippen molar-refractivity contribution in [3.05, 3.63) is 58.6 Å². The maximum Gasteiger partial charge on any atom is 0.255 e. The van der Waals surface area contributed by atoms with Gasteiger partial charge in [-0.1, -0.05) is 23.7 Å². The van der Waals surface area contributed by atoms with Gasteiger partial charge < -0.3 is 20.1 Å². The lowest BCUT2D eigenvalue weighted by molar-refractivity contribution is 0.0858. The van der Waals surface area contributed by atoms with E-state index in [9.17, 15) is 9.59 Å². The molecule has 6 nitrogen and oxygen atoms in total. The number of carbonyl (C=O) groups excluding carboxylic acids is 2. The minimum absolute atomic E-state index is 0.0525. The third-order valence-electron chi connectivity index (χ3n) is 4.43. The van der Waals surface area contributed by atoms with E-state index < -0.39 is 0 Å². The zero-order valence-corrected chi connectivity index (χ0v) is 16.4. The van der Waals surface area contributed by atoms with E-state index in [1.807, 2.05) is 6.92 Å². The molecule has 0 aromatic heterocycles. The van der Waals surface area contributed by atoms with Crippen LogP contribution in [0.3, 0.4) is 0 Å². The van der Waals surface area contributed by atoms with Gasteiger partial charge in [-0.2, -0.15) is 0 Å². The molecule has 1 atom stereocenters. The molecule has 1 fully saturated rings. The lowest BCUT2D eigenvalue weighted by Gasteiger charge is -2.14. The Morgan fingerprint density at radius 1 is 1.21 bits per heavy atom. The van der Waals surface area contributed by atoms with E-state index in [0.29, 0.717) is 40.7 Å². The van der Waals surface area contributed by atoms with Gasteiger partial charge in [0, 0.05) is 18.7 Å². The summed E-state index contributed by atoms with van der Waals surface area (Å²) in [6.07, 6.45) is 2.01. The predicted molar refractivity (Wildman–Crippen MR) is 108 cm³/mol. The van der Waals surface area contributed by atoms with Gasteiger partial charge in [-0.3, -0.25) is 9.59 Å². The Balaban J connectivity index is 1.69. The first-order chi connectivity index (χ1) is 13.6. The number of hydrogen-bond acceptors (Lipinski definition) is 4. The van der Waals surface area contributed by atoms with E-state index in [2.05, 4.69) is 10.6 Å². The minimum atomic E-state index is -0.357. The van der Waals surface area contributed by atoms with Gasteiger partial charge >= 0.3 is 0 Å². The summed E-state index contributed by atoms with van der Waals surface area (Å²) >= 11 is 6.16. The van der Waals surface area contributed by atoms with E-state index >= 15 is 0 Å². The fraction of sp³-hybridized carbons (Fsp3) is 0.333. The van der Waals surface area contributed by atoms with Gasteiger partial charge in [0.15, 0.2) is 0 Å². The smallest absolute Gasteiger partial charge is 0.255 e. The number of amides is 2. The Kier molecular flexibility index (Phi) is 6.90. The van der Waals surface area contributed by atoms with Crippen molar-refractivity contribution >= 4 is 29.1 Å². The maximum absolute atomic E-state index is 12.6. The van der Waals surface area contributed by atoms with E-state index in [4.69, 9.17) is 21.1 Å². The summed E-state index contributed by atoms with van der Waals surface area (Å²) < 4.78 is 10.9. The van der Waals surface area contributed by atoms with E-state index in [1.54, 1.807) is 42.5 Å². The summed E-state index contributed by atoms with van der Waals surface area (Å²) in [6.45, 7) is 3.53. The summed E-state index contributed by atoms with van der Waals surface area (Å²) in [7, 11) is 0. The highest BCUT2D eigenvalue weighted by Gasteiger charge is 2.19. The molecule has 1 aliphatic heterocycles. The molecule has 1 heterocycles. The lowest BCUT2D eigenvalue weighted by Crippen LogP contribution is -2.32. The quantitative estimate of drug-likeness (QED) is 0.736. The SMILES string of the molecule is CCOc1ccc(C(=O)Nc2ccccc2C(=O)NCC2CCCO2)cc1Cl. The highest BCUT2D eigenvalue weighted by molar-refractivity contribution is 6.32. The van der Waals surface area contributed by atoms with Crippen LogP contribution in [0.25, 0.3) is 0 Å². The molecule has 28 heavy (non-hydrogen) atoms. The summed E-state index contributed by atoms with van der Waals surface area (Å²) in [5, 5.41) is 6.01. The molecule has 0 radical (unpaired) electrons. The van der Waals surface area contributed by atoms with Crippen LogP contribution in [-0.2, 0) is 4.74 Å². The Labute approximate surface area is 169 Å². The van der Waals surface area contributed by atoms with Crippen molar-refractivity contribution in [2.75, 3.05) is 25.1 Å². The molecule has 3 rings (SSSR count). The molecule has 148 valence electrons. The molecular formula is C21H23ClN2O4. The number of para-hydroxylation sites is 1. The summed E-state index contributed by atoms with van der Waals surface area (Å²) in [5.41, 5.74) is 1.20. The van der Waals surface area contributed by atoms with Crippen molar-refractivity contribution in [3.63, 3.8) is 0 Å². The Hall–Kier alpha value is -2.57. The Morgan fingerprint density at radius 2 is 2.04 bits per heavy atom. The molecule has 2 aromatic carbocycles. The van der Waals surface area contributed by atoms with Crippen LogP contribution in [0.15, 0.2) is 42.5 Å². The van der Waals surface area contributed by atoms with Crippen LogP contribution in [0, 0.1) is 0 Å². The van der Waals surface area contributed by atoms with Crippen molar-refractivity contribution in [1.82, 2.24) is 5.32 Å². The van der Waals surface area contributed by atoms with Crippen molar-refractivity contribution in [2.45, 2.75) is 25.9 Å². The van der Waals surface area contributed by atoms with Gasteiger partial charge in [-0.05, 0) is 50.1 Å². The number of rotatable bonds is 7. The molecular weight excluding hydrogens is 380 g/mol. The van der Waals surface area contributed by atoms with E-state index in [1.165, 1.54) is 0 Å². The van der Waals surface area contributed by atoms with E-state index in [-0.39, 0.29) is 17.9 Å². The van der Waals surface area contributed by atoms with Crippen molar-refractivity contribution < 1.29 is 19.1 Å². The molecule has 0 aliphatic carbocycles. The molecule has 1 saturated heterocycles. The largest absolute Gasteiger partial charge is 0.492 e. The fourth-order valence-electron chi connectivity index (χ4n) is 3.01. The van der Waals surface area contributed by atoms with Crippen molar-refractivity contribution in [3.8, 4) is 5.75 Å². The van der Waals surface area contributed by atoms with Crippen molar-refractivity contribution in [2.24, 2.45) is 0 Å². The fourth-order valence-corrected chi connectivity index (χ4v) is 3.24. The zero-order valence-electron chi connectivity index (χ0n) is 15.7. The first-order valence-corrected chi connectivity index (χ1v) is 9.68. The van der Waals surface area contributed by atoms with Crippen LogP contribution in [0.5, 0.6) is 5.75 Å². The second-order valence-electron chi connectivity index (χ2n) is 6.42. The number of anilines is 1. The van der Waals surface area contributed by atoms with E-state index in [0.717, 1.165) is 19.4 Å². The highest BCUT2D eigenvalue weighted by atomic mass is 35.5. The molecule has 0 bridgehead atoms. The number of ether oxygens (including phenoxy) is 2. The van der Waals surface area contributed by atoms with Gasteiger partial charge in [-0.15, -0.1) is 0 Å². The normalized spacial score (nSPS) is 15.9. The highest BCUT2D eigenvalue weighted by Crippen LogP contribution is 2.26. The number of carbonyl (C=O) groups is 2. The van der Waals surface area contributed by atoms with Crippen LogP contribution in [0.4, 0.5) is 5.69 Å². The lowest BCUT2D eigenvalue weighted by atomic mass is 10.1. The summed E-state index contributed by atoms with van der Waals surface area (Å²) in [6, 6.07) is 11.7. The monoisotopic (exact) mass is 402 g/mol. The van der Waals surface area contributed by atoms with Gasteiger partial charge in [0.05, 0.1) is 29.0 Å². The first-order valence-electron chi connectivity index (χ1n) is 9.31. The number of hydrogen-bond donors (Lipinski definition) is 2. The molecule has 1 unspecified atom stereocenters. The molecule has 7 heteroatoms. The Bertz CT molecular complexity index is 850. The van der Waals surface area contributed by atoms with Crippen LogP contribution >= 0.6 is 11.6 Å². The molecule has 1 aliphatic rings. The number of benzene rings is 2. The summed E-state index contributed by atoms with van der Waals surface area (Å²) in [4.78, 5) is 25.2. The maximum atomic E-state index is 12.6. The minimum Gasteiger partial charge on any atom is -0.492 e. The van der Waals surface area contributed by atoms with Crippen LogP contribution < -0.4 is 15.4 Å². The van der Waals surface area contributed by atoms with Crippen LogP contribution in [0.1, 0.15) is 40.5 Å². The first kappa shape index (κ1) is 20.2. The third kappa shape index (κ3) is 5.03. The standard InChI is InChI=1S/C21H23ClN2O4/c1-2-27-19-10-9-14(12-17(19)22)20(25)24-18-8-4-3-7-16(18)21(26)23-13-15-6-5-11-28-15/h3-4,7-10,12,15H,2,5-6,11,13H2,1H3,(H,23,26)(H,24,25). The molecule has 2 amide bonds. The van der Waals surface area contributed by atoms with Crippen molar-refractivity contribution in [1.29, 1.82) is 0 Å². The average Bonchev–Trinajstić information content (AvgIpc) is 3.22. The number of halogens is 1. The van der Waals surface area contributed by atoms with Gasteiger partial charge in [0.2, 0.25) is 0 Å². The van der Waals surface area contributed by atoms with Crippen LogP contribution in [-0.4, -0.2) is 37.7 Å². The second kappa shape index (κ2) is 9.57. The average molecular weight is 403 g/mol. The third-order valence-corrected chi connectivity index (χ3v) is 4.72. The molecule has 0 saturated carbocycles. The molecule has 2 N–H and O–H groups in total. The van der Waals surface area contributed by atoms with Crippen LogP contribution in [0.2, 0.25) is 5.02 Å². The van der Waals surface area contributed by atoms with Gasteiger partial charge in [0.1, 0.15) is 5.75 Å². The summed E-state index contributed by atoms with van der Waals surface area (Å²) in [5.74, 6) is -0.0879. The van der Waals surface area contributed by atoms with Gasteiger partial charge in [-0.25, -0.2) is 0 Å².